The van der Waals surface area contributed by atoms with Crippen LogP contribution in [0, 0.1) is 6.92 Å². The summed E-state index contributed by atoms with van der Waals surface area (Å²) in [7, 11) is 2.07. The quantitative estimate of drug-likeness (QED) is 0.463. The second kappa shape index (κ2) is 9.06. The Morgan fingerprint density at radius 1 is 0.967 bits per heavy atom. The monoisotopic (exact) mass is 397 g/mol. The Bertz CT molecular complexity index is 1180. The molecule has 2 aromatic carbocycles. The standard InChI is InChI=1S/C26H27N3O/c1-20-11-12-22-17-23(18-28(2)15-13-21-8-4-3-5-9-21)26(30)29(25(22)16-20)19-24-10-6-7-14-27-24/h3-12,14,16-17H,13,15,18-19H2,1-2H3. The summed E-state index contributed by atoms with van der Waals surface area (Å²) in [5.41, 5.74) is 5.18. The highest BCUT2D eigenvalue weighted by Crippen LogP contribution is 2.17. The number of aryl methyl sites for hydroxylation is 1. The molecule has 0 bridgehead atoms. The van der Waals surface area contributed by atoms with E-state index in [2.05, 4.69) is 66.3 Å². The van der Waals surface area contributed by atoms with Crippen molar-refractivity contribution in [2.24, 2.45) is 0 Å². The van der Waals surface area contributed by atoms with Crippen LogP contribution in [0.1, 0.15) is 22.4 Å². The first-order valence-corrected chi connectivity index (χ1v) is 10.4. The van der Waals surface area contributed by atoms with Crippen LogP contribution in [0.4, 0.5) is 0 Å². The van der Waals surface area contributed by atoms with Crippen molar-refractivity contribution < 1.29 is 0 Å². The van der Waals surface area contributed by atoms with E-state index in [0.29, 0.717) is 13.1 Å². The predicted octanol–water partition coefficient (Wildman–Crippen LogP) is 4.43. The second-order valence-electron chi connectivity index (χ2n) is 7.92. The predicted molar refractivity (Wildman–Crippen MR) is 123 cm³/mol. The lowest BCUT2D eigenvalue weighted by Crippen LogP contribution is -2.30. The summed E-state index contributed by atoms with van der Waals surface area (Å²) in [6, 6.07) is 24.6. The van der Waals surface area contributed by atoms with Crippen LogP contribution < -0.4 is 5.56 Å². The molecule has 0 aliphatic carbocycles. The molecule has 30 heavy (non-hydrogen) atoms. The number of rotatable bonds is 7. The molecular formula is C26H27N3O. The molecule has 2 heterocycles. The summed E-state index contributed by atoms with van der Waals surface area (Å²) in [5, 5.41) is 1.09. The summed E-state index contributed by atoms with van der Waals surface area (Å²) in [6.45, 7) is 4.05. The Hall–Kier alpha value is -3.24. The van der Waals surface area contributed by atoms with Gasteiger partial charge in [-0.15, -0.1) is 0 Å². The van der Waals surface area contributed by atoms with Crippen molar-refractivity contribution in [2.75, 3.05) is 13.6 Å². The lowest BCUT2D eigenvalue weighted by Gasteiger charge is -2.19. The van der Waals surface area contributed by atoms with E-state index in [-0.39, 0.29) is 5.56 Å². The van der Waals surface area contributed by atoms with Gasteiger partial charge >= 0.3 is 0 Å². The molecule has 0 radical (unpaired) electrons. The molecule has 4 nitrogen and oxygen atoms in total. The van der Waals surface area contributed by atoms with Gasteiger partial charge in [-0.2, -0.15) is 0 Å². The van der Waals surface area contributed by atoms with E-state index >= 15 is 0 Å². The minimum absolute atomic E-state index is 0.0605. The summed E-state index contributed by atoms with van der Waals surface area (Å²) < 4.78 is 1.87. The summed E-state index contributed by atoms with van der Waals surface area (Å²) in [6.07, 6.45) is 2.74. The molecule has 0 aliphatic rings. The van der Waals surface area contributed by atoms with Gasteiger partial charge < -0.3 is 9.47 Å². The number of hydrogen-bond donors (Lipinski definition) is 0. The maximum Gasteiger partial charge on any atom is 0.255 e. The van der Waals surface area contributed by atoms with E-state index in [9.17, 15) is 4.79 Å². The molecule has 0 unspecified atom stereocenters. The minimum atomic E-state index is 0.0605. The Labute approximate surface area is 177 Å². The Morgan fingerprint density at radius 3 is 2.53 bits per heavy atom. The molecule has 0 N–H and O–H groups in total. The number of benzene rings is 2. The van der Waals surface area contributed by atoms with Crippen molar-refractivity contribution in [3.63, 3.8) is 0 Å². The van der Waals surface area contributed by atoms with Crippen molar-refractivity contribution in [1.82, 2.24) is 14.5 Å². The fourth-order valence-corrected chi connectivity index (χ4v) is 3.80. The zero-order chi connectivity index (χ0) is 20.9. The van der Waals surface area contributed by atoms with Crippen molar-refractivity contribution in [1.29, 1.82) is 0 Å². The van der Waals surface area contributed by atoms with Crippen LogP contribution in [0.15, 0.2) is 83.8 Å². The van der Waals surface area contributed by atoms with Gasteiger partial charge in [-0.25, -0.2) is 0 Å². The van der Waals surface area contributed by atoms with Crippen LogP contribution in [0.5, 0.6) is 0 Å². The van der Waals surface area contributed by atoms with Crippen LogP contribution in [-0.2, 0) is 19.5 Å². The number of pyridine rings is 2. The Morgan fingerprint density at radius 2 is 1.77 bits per heavy atom. The van der Waals surface area contributed by atoms with Crippen LogP contribution in [0.3, 0.4) is 0 Å². The molecule has 0 atom stereocenters. The highest BCUT2D eigenvalue weighted by molar-refractivity contribution is 5.80. The van der Waals surface area contributed by atoms with Gasteiger partial charge in [-0.3, -0.25) is 9.78 Å². The first-order valence-electron chi connectivity index (χ1n) is 10.4. The number of fused-ring (bicyclic) bond motifs is 1. The average Bonchev–Trinajstić information content (AvgIpc) is 2.77. The third kappa shape index (κ3) is 4.66. The number of likely N-dealkylation sites (N-methyl/N-ethyl adjacent to an activating group) is 1. The summed E-state index contributed by atoms with van der Waals surface area (Å²) in [5.74, 6) is 0. The largest absolute Gasteiger partial charge is 0.302 e. The van der Waals surface area contributed by atoms with Gasteiger partial charge in [0, 0.05) is 24.8 Å². The number of nitrogens with zero attached hydrogens (tertiary/aromatic N) is 3. The van der Waals surface area contributed by atoms with E-state index < -0.39 is 0 Å². The first-order chi connectivity index (χ1) is 14.6. The lowest BCUT2D eigenvalue weighted by molar-refractivity contribution is 0.329. The van der Waals surface area contributed by atoms with Crippen molar-refractivity contribution >= 4 is 10.9 Å². The zero-order valence-electron chi connectivity index (χ0n) is 17.6. The minimum Gasteiger partial charge on any atom is -0.302 e. The topological polar surface area (TPSA) is 38.1 Å². The van der Waals surface area contributed by atoms with Crippen molar-refractivity contribution in [2.45, 2.75) is 26.4 Å². The molecule has 4 rings (SSSR count). The van der Waals surface area contributed by atoms with E-state index in [1.807, 2.05) is 34.9 Å². The van der Waals surface area contributed by atoms with Gasteiger partial charge in [0.2, 0.25) is 0 Å². The highest BCUT2D eigenvalue weighted by atomic mass is 16.1. The van der Waals surface area contributed by atoms with Crippen LogP contribution in [0.2, 0.25) is 0 Å². The zero-order valence-corrected chi connectivity index (χ0v) is 17.6. The third-order valence-electron chi connectivity index (χ3n) is 5.44. The highest BCUT2D eigenvalue weighted by Gasteiger charge is 2.12. The average molecular weight is 398 g/mol. The SMILES string of the molecule is Cc1ccc2cc(CN(C)CCc3ccccc3)c(=O)n(Cc3ccccn3)c2c1. The van der Waals surface area contributed by atoms with Crippen LogP contribution in [0.25, 0.3) is 10.9 Å². The fraction of sp³-hybridized carbons (Fsp3) is 0.231. The molecule has 0 aliphatic heterocycles. The molecule has 0 amide bonds. The lowest BCUT2D eigenvalue weighted by atomic mass is 10.1. The van der Waals surface area contributed by atoms with E-state index in [4.69, 9.17) is 0 Å². The number of hydrogen-bond acceptors (Lipinski definition) is 3. The van der Waals surface area contributed by atoms with Gasteiger partial charge in [0.1, 0.15) is 0 Å². The van der Waals surface area contributed by atoms with Gasteiger partial charge in [0.15, 0.2) is 0 Å². The molecule has 0 saturated carbocycles. The molecule has 4 aromatic rings. The third-order valence-corrected chi connectivity index (χ3v) is 5.44. The Kier molecular flexibility index (Phi) is 6.05. The molecule has 0 saturated heterocycles. The first kappa shape index (κ1) is 20.0. The molecule has 0 fully saturated rings. The molecule has 0 spiro atoms. The van der Waals surface area contributed by atoms with Gasteiger partial charge in [-0.05, 0) is 61.2 Å². The molecule has 152 valence electrons. The molecule has 2 aromatic heterocycles. The summed E-state index contributed by atoms with van der Waals surface area (Å²) >= 11 is 0. The molecule has 4 heteroatoms. The van der Waals surface area contributed by atoms with E-state index in [1.165, 1.54) is 5.56 Å². The van der Waals surface area contributed by atoms with Crippen LogP contribution in [-0.4, -0.2) is 28.0 Å². The summed E-state index contributed by atoms with van der Waals surface area (Å²) in [4.78, 5) is 20.1. The van der Waals surface area contributed by atoms with E-state index in [0.717, 1.165) is 40.7 Å². The smallest absolute Gasteiger partial charge is 0.255 e. The number of aromatic nitrogens is 2. The Balaban J connectivity index is 1.63. The van der Waals surface area contributed by atoms with E-state index in [1.54, 1.807) is 6.20 Å². The maximum atomic E-state index is 13.4. The van der Waals surface area contributed by atoms with Crippen molar-refractivity contribution in [3.05, 3.63) is 112 Å². The normalized spacial score (nSPS) is 11.3. The van der Waals surface area contributed by atoms with Crippen LogP contribution >= 0.6 is 0 Å². The van der Waals surface area contributed by atoms with Gasteiger partial charge in [0.25, 0.3) is 5.56 Å². The fourth-order valence-electron chi connectivity index (χ4n) is 3.80. The van der Waals surface area contributed by atoms with Crippen molar-refractivity contribution in [3.8, 4) is 0 Å². The maximum absolute atomic E-state index is 13.4. The molecular weight excluding hydrogens is 370 g/mol. The van der Waals surface area contributed by atoms with Gasteiger partial charge in [0.05, 0.1) is 17.8 Å². The van der Waals surface area contributed by atoms with Gasteiger partial charge in [-0.1, -0.05) is 48.5 Å². The second-order valence-corrected chi connectivity index (χ2v) is 7.92.